The first-order chi connectivity index (χ1) is 15.9. The zero-order chi connectivity index (χ0) is 22.8. The van der Waals surface area contributed by atoms with Gasteiger partial charge in [-0.2, -0.15) is 0 Å². The molecule has 0 unspecified atom stereocenters. The zero-order valence-electron chi connectivity index (χ0n) is 20.1. The molecule has 5 aliphatic rings. The van der Waals surface area contributed by atoms with Gasteiger partial charge in [-0.1, -0.05) is 13.8 Å². The van der Waals surface area contributed by atoms with E-state index in [1.165, 1.54) is 37.8 Å². The Hall–Kier alpha value is -2.34. The molecule has 2 aromatic heterocycles. The number of aryl methyl sites for hydroxylation is 1. The molecule has 0 amide bonds. The fourth-order valence-corrected chi connectivity index (χ4v) is 6.35. The second-order valence-corrected chi connectivity index (χ2v) is 11.3. The number of ether oxygens (including phenoxy) is 1. The molecular weight excluding hydrogens is 410 g/mol. The molecule has 6 nitrogen and oxygen atoms in total. The van der Waals surface area contributed by atoms with Gasteiger partial charge in [0.2, 0.25) is 0 Å². The van der Waals surface area contributed by atoms with Gasteiger partial charge < -0.3 is 10.5 Å². The van der Waals surface area contributed by atoms with Gasteiger partial charge in [0.25, 0.3) is 0 Å². The van der Waals surface area contributed by atoms with Crippen LogP contribution in [0.1, 0.15) is 81.9 Å². The van der Waals surface area contributed by atoms with Gasteiger partial charge in [0, 0.05) is 47.0 Å². The van der Waals surface area contributed by atoms with Crippen LogP contribution in [0.5, 0.6) is 0 Å². The van der Waals surface area contributed by atoms with Crippen molar-refractivity contribution in [2.45, 2.75) is 89.2 Å². The lowest BCUT2D eigenvalue weighted by Crippen LogP contribution is -2.67. The van der Waals surface area contributed by atoms with E-state index in [1.807, 2.05) is 13.1 Å². The molecule has 4 aliphatic carbocycles. The first-order valence-corrected chi connectivity index (χ1v) is 12.6. The Kier molecular flexibility index (Phi) is 4.88. The third kappa shape index (κ3) is 3.49. The molecule has 33 heavy (non-hydrogen) atoms. The van der Waals surface area contributed by atoms with Gasteiger partial charge in [-0.3, -0.25) is 4.99 Å². The Morgan fingerprint density at radius 3 is 2.64 bits per heavy atom. The summed E-state index contributed by atoms with van der Waals surface area (Å²) in [5.41, 5.74) is 10.8. The quantitative estimate of drug-likeness (QED) is 0.649. The summed E-state index contributed by atoms with van der Waals surface area (Å²) >= 11 is 0. The molecule has 2 atom stereocenters. The Bertz CT molecular complexity index is 1130. The van der Waals surface area contributed by atoms with E-state index in [0.29, 0.717) is 18.1 Å². The van der Waals surface area contributed by atoms with Crippen molar-refractivity contribution in [3.05, 3.63) is 41.1 Å². The monoisotopic (exact) mass is 445 g/mol. The standard InChI is InChI=1S/C27H35N5O/c1-16(2)26-13-27(14-26,15-26)23-21-7-4-17(3)30-25(21)32-24(31-23)18-8-9-33-22(10-18)19(11-28)12-29-20-5-6-20/h4,7,11-12,16,18,20,22H,5-6,8-10,13-15,28H2,1-3H3/b19-11+,29-12?/t18-,22+,26?,27?/m1/s1. The summed E-state index contributed by atoms with van der Waals surface area (Å²) in [4.78, 5) is 19.7. The van der Waals surface area contributed by atoms with Crippen molar-refractivity contribution < 1.29 is 4.74 Å². The SMILES string of the molecule is Cc1ccc2c(C34CC(C(C)C)(C3)C4)nc([C@@H]3CCO[C@H](/C(C=NC4CC4)=C/N)C3)nc2n1. The molecule has 2 aromatic rings. The fraction of sp³-hybridized carbons (Fsp3) is 0.630. The maximum Gasteiger partial charge on any atom is 0.163 e. The van der Waals surface area contributed by atoms with Crippen LogP contribution in [0.25, 0.3) is 11.0 Å². The minimum atomic E-state index is -0.0522. The van der Waals surface area contributed by atoms with E-state index < -0.39 is 0 Å². The third-order valence-electron chi connectivity index (χ3n) is 8.71. The largest absolute Gasteiger partial charge is 0.404 e. The Morgan fingerprint density at radius 1 is 1.15 bits per heavy atom. The van der Waals surface area contributed by atoms with Gasteiger partial charge in [-0.05, 0) is 75.3 Å². The molecular formula is C27H35N5O. The van der Waals surface area contributed by atoms with Crippen LogP contribution in [0.3, 0.4) is 0 Å². The van der Waals surface area contributed by atoms with Crippen molar-refractivity contribution in [2.24, 2.45) is 22.1 Å². The predicted molar refractivity (Wildman–Crippen MR) is 130 cm³/mol. The minimum Gasteiger partial charge on any atom is -0.404 e. The highest BCUT2D eigenvalue weighted by Crippen LogP contribution is 2.76. The summed E-state index contributed by atoms with van der Waals surface area (Å²) in [6, 6.07) is 4.76. The van der Waals surface area contributed by atoms with Crippen LogP contribution in [0.2, 0.25) is 0 Å². The van der Waals surface area contributed by atoms with E-state index >= 15 is 0 Å². The first kappa shape index (κ1) is 21.2. The molecule has 3 heterocycles. The van der Waals surface area contributed by atoms with Gasteiger partial charge in [-0.25, -0.2) is 15.0 Å². The van der Waals surface area contributed by atoms with Crippen molar-refractivity contribution >= 4 is 17.2 Å². The van der Waals surface area contributed by atoms with Gasteiger partial charge in [0.05, 0.1) is 17.8 Å². The minimum absolute atomic E-state index is 0.0522. The van der Waals surface area contributed by atoms with Crippen LogP contribution in [0.15, 0.2) is 28.9 Å². The highest BCUT2D eigenvalue weighted by atomic mass is 16.5. The molecule has 174 valence electrons. The van der Waals surface area contributed by atoms with Crippen LogP contribution in [-0.2, 0) is 10.2 Å². The van der Waals surface area contributed by atoms with E-state index in [-0.39, 0.29) is 17.4 Å². The van der Waals surface area contributed by atoms with E-state index in [1.54, 1.807) is 6.20 Å². The van der Waals surface area contributed by atoms with Gasteiger partial charge in [-0.15, -0.1) is 0 Å². The summed E-state index contributed by atoms with van der Waals surface area (Å²) < 4.78 is 6.11. The molecule has 7 rings (SSSR count). The van der Waals surface area contributed by atoms with Crippen LogP contribution < -0.4 is 5.73 Å². The highest BCUT2D eigenvalue weighted by Gasteiger charge is 2.70. The van der Waals surface area contributed by atoms with Gasteiger partial charge in [0.15, 0.2) is 5.65 Å². The number of pyridine rings is 1. The number of fused-ring (bicyclic) bond motifs is 1. The summed E-state index contributed by atoms with van der Waals surface area (Å²) in [7, 11) is 0. The zero-order valence-corrected chi connectivity index (χ0v) is 20.1. The number of aliphatic imine (C=N–C) groups is 1. The summed E-state index contributed by atoms with van der Waals surface area (Å²) in [6.07, 6.45) is 11.4. The number of hydrogen-bond acceptors (Lipinski definition) is 6. The third-order valence-corrected chi connectivity index (χ3v) is 8.71. The van der Waals surface area contributed by atoms with Gasteiger partial charge in [0.1, 0.15) is 5.82 Å². The highest BCUT2D eigenvalue weighted by molar-refractivity contribution is 5.80. The average molecular weight is 446 g/mol. The summed E-state index contributed by atoms with van der Waals surface area (Å²) in [5, 5.41) is 1.14. The van der Waals surface area contributed by atoms with Crippen LogP contribution in [0.4, 0.5) is 0 Å². The normalized spacial score (nSPS) is 34.0. The number of nitrogens with two attached hydrogens (primary N) is 1. The lowest BCUT2D eigenvalue weighted by Gasteiger charge is -2.72. The lowest BCUT2D eigenvalue weighted by atomic mass is 9.31. The second kappa shape index (κ2) is 7.59. The topological polar surface area (TPSA) is 86.3 Å². The van der Waals surface area contributed by atoms with Gasteiger partial charge >= 0.3 is 0 Å². The van der Waals surface area contributed by atoms with Crippen molar-refractivity contribution in [1.82, 2.24) is 15.0 Å². The van der Waals surface area contributed by atoms with Crippen molar-refractivity contribution in [2.75, 3.05) is 6.61 Å². The molecule has 2 bridgehead atoms. The van der Waals surface area contributed by atoms with Crippen LogP contribution >= 0.6 is 0 Å². The Labute approximate surface area is 196 Å². The van der Waals surface area contributed by atoms with E-state index in [4.69, 9.17) is 25.4 Å². The molecule has 5 fully saturated rings. The van der Waals surface area contributed by atoms with Crippen molar-refractivity contribution in [1.29, 1.82) is 0 Å². The Morgan fingerprint density at radius 2 is 1.94 bits per heavy atom. The van der Waals surface area contributed by atoms with E-state index in [9.17, 15) is 0 Å². The predicted octanol–water partition coefficient (Wildman–Crippen LogP) is 4.75. The maximum atomic E-state index is 6.11. The summed E-state index contributed by atoms with van der Waals surface area (Å²) in [6.45, 7) is 7.46. The van der Waals surface area contributed by atoms with Crippen molar-refractivity contribution in [3.8, 4) is 0 Å². The van der Waals surface area contributed by atoms with Crippen molar-refractivity contribution in [3.63, 3.8) is 0 Å². The summed E-state index contributed by atoms with van der Waals surface area (Å²) in [5.74, 6) is 1.91. The molecule has 0 spiro atoms. The molecule has 1 aliphatic heterocycles. The smallest absolute Gasteiger partial charge is 0.163 e. The fourth-order valence-electron chi connectivity index (χ4n) is 6.35. The van der Waals surface area contributed by atoms with E-state index in [2.05, 4.69) is 31.0 Å². The van der Waals surface area contributed by atoms with Crippen LogP contribution in [0, 0.1) is 18.3 Å². The first-order valence-electron chi connectivity index (χ1n) is 12.6. The lowest BCUT2D eigenvalue weighted by molar-refractivity contribution is -0.173. The molecule has 0 aromatic carbocycles. The molecule has 6 heteroatoms. The number of hydrogen-bond donors (Lipinski definition) is 1. The molecule has 2 N–H and O–H groups in total. The van der Waals surface area contributed by atoms with E-state index in [0.717, 1.165) is 46.9 Å². The second-order valence-electron chi connectivity index (χ2n) is 11.3. The number of nitrogens with zero attached hydrogens (tertiary/aromatic N) is 4. The molecule has 0 radical (unpaired) electrons. The van der Waals surface area contributed by atoms with Crippen LogP contribution in [-0.4, -0.2) is 39.9 Å². The average Bonchev–Trinajstić information content (AvgIpc) is 3.56. The Balaban J connectivity index is 1.32. The number of aromatic nitrogens is 3. The molecule has 1 saturated heterocycles. The number of rotatable bonds is 6. The molecule has 4 saturated carbocycles. The maximum absolute atomic E-state index is 6.11.